The molecule has 1 N–H and O–H groups in total. The fraction of sp³-hybridized carbons (Fsp3) is 0.250. The van der Waals surface area contributed by atoms with Crippen molar-refractivity contribution in [2.24, 2.45) is 0 Å². The lowest BCUT2D eigenvalue weighted by molar-refractivity contribution is -0.156. The molecule has 0 aliphatic heterocycles. The topological polar surface area (TPSA) is 116 Å². The van der Waals surface area contributed by atoms with Crippen LogP contribution < -0.4 is 0 Å². The number of alkyl halides is 9. The van der Waals surface area contributed by atoms with Crippen LogP contribution in [0.4, 0.5) is 39.5 Å². The maximum absolute atomic E-state index is 12.7. The molecule has 0 atom stereocenters. The van der Waals surface area contributed by atoms with Gasteiger partial charge in [0, 0.05) is 57.7 Å². The standard InChI is InChI=1S/C14H9ClF3N3.C12H8ClN3.C3H2F6O3S.3CH4/c15-13-19-6-5-11(20-13)10-7-21(8-14(16,17)18)12-4-2-1-3-9(10)12;13-12-14-6-5-11(16-12)9-7-15-10-4-2-1-3-8(9)10;4-2(5,6)1-12-13(10,11)3(7,8)9;;;/h1-7H,8H2;1-7,15H;1H2;3*1H4. The molecule has 290 valence electrons. The molecule has 0 saturated heterocycles. The zero-order chi connectivity index (χ0) is 36.9. The highest BCUT2D eigenvalue weighted by Gasteiger charge is 2.49. The molecular weight excluding hydrogens is 790 g/mol. The number of aromatic nitrogens is 6. The Bertz CT molecular complexity index is 2190. The molecule has 21 heteroatoms. The normalized spacial score (nSPS) is 11.6. The highest BCUT2D eigenvalue weighted by Crippen LogP contribution is 2.32. The summed E-state index contributed by atoms with van der Waals surface area (Å²) in [7, 11) is -6.15. The molecule has 0 radical (unpaired) electrons. The number of hydrogen-bond donors (Lipinski definition) is 1. The molecule has 0 saturated carbocycles. The summed E-state index contributed by atoms with van der Waals surface area (Å²) in [6.45, 7) is -3.54. The fourth-order valence-electron chi connectivity index (χ4n) is 4.24. The van der Waals surface area contributed by atoms with Crippen LogP contribution in [0.1, 0.15) is 22.3 Å². The Morgan fingerprint density at radius 1 is 0.698 bits per heavy atom. The maximum atomic E-state index is 12.7. The first kappa shape index (κ1) is 46.6. The first-order valence-electron chi connectivity index (χ1n) is 13.4. The zero-order valence-corrected chi connectivity index (χ0v) is 26.9. The van der Waals surface area contributed by atoms with Crippen molar-refractivity contribution < 1.29 is 52.1 Å². The molecule has 0 aliphatic carbocycles. The Kier molecular flexibility index (Phi) is 16.3. The van der Waals surface area contributed by atoms with Crippen LogP contribution in [0.3, 0.4) is 0 Å². The van der Waals surface area contributed by atoms with Gasteiger partial charge in [-0.15, -0.1) is 0 Å². The molecule has 0 amide bonds. The quantitative estimate of drug-likeness (QED) is 0.0797. The number of nitrogens with one attached hydrogen (secondary N) is 1. The van der Waals surface area contributed by atoms with E-state index in [4.69, 9.17) is 23.2 Å². The first-order valence-corrected chi connectivity index (χ1v) is 15.6. The van der Waals surface area contributed by atoms with Gasteiger partial charge in [0.15, 0.2) is 6.61 Å². The molecule has 53 heavy (non-hydrogen) atoms. The second-order valence-corrected chi connectivity index (χ2v) is 12.0. The van der Waals surface area contributed by atoms with E-state index in [1.165, 1.54) is 17.0 Å². The minimum Gasteiger partial charge on any atom is -0.360 e. The smallest absolute Gasteiger partial charge is 0.360 e. The zero-order valence-electron chi connectivity index (χ0n) is 24.5. The number of rotatable bonds is 5. The molecule has 0 unspecified atom stereocenters. The van der Waals surface area contributed by atoms with Crippen molar-refractivity contribution in [3.8, 4) is 22.5 Å². The Morgan fingerprint density at radius 3 is 1.72 bits per heavy atom. The number of para-hydroxylation sites is 2. The molecule has 2 aromatic carbocycles. The highest BCUT2D eigenvalue weighted by atomic mass is 35.5. The minimum atomic E-state index is -6.15. The van der Waals surface area contributed by atoms with Gasteiger partial charge >= 0.3 is 28.0 Å². The van der Waals surface area contributed by atoms with Gasteiger partial charge in [0.1, 0.15) is 6.54 Å². The van der Waals surface area contributed by atoms with Gasteiger partial charge in [-0.3, -0.25) is 4.18 Å². The van der Waals surface area contributed by atoms with Crippen molar-refractivity contribution in [2.75, 3.05) is 6.61 Å². The lowest BCUT2D eigenvalue weighted by atomic mass is 10.1. The van der Waals surface area contributed by atoms with Crippen LogP contribution in [0.15, 0.2) is 85.5 Å². The van der Waals surface area contributed by atoms with Crippen LogP contribution in [0.5, 0.6) is 0 Å². The van der Waals surface area contributed by atoms with Crippen molar-refractivity contribution in [3.63, 3.8) is 0 Å². The lowest BCUT2D eigenvalue weighted by Gasteiger charge is -2.09. The van der Waals surface area contributed by atoms with E-state index < -0.39 is 41.1 Å². The van der Waals surface area contributed by atoms with E-state index in [1.807, 2.05) is 30.5 Å². The summed E-state index contributed by atoms with van der Waals surface area (Å²) in [4.78, 5) is 19.1. The van der Waals surface area contributed by atoms with E-state index in [-0.39, 0.29) is 32.8 Å². The minimum absolute atomic E-state index is 0. The van der Waals surface area contributed by atoms with Gasteiger partial charge in [-0.05, 0) is 47.5 Å². The molecule has 4 aromatic heterocycles. The third-order valence-electron chi connectivity index (χ3n) is 6.19. The van der Waals surface area contributed by atoms with Gasteiger partial charge in [-0.1, -0.05) is 58.7 Å². The predicted molar refractivity (Wildman–Crippen MR) is 186 cm³/mol. The van der Waals surface area contributed by atoms with Crippen molar-refractivity contribution in [1.29, 1.82) is 0 Å². The van der Waals surface area contributed by atoms with Gasteiger partial charge in [0.2, 0.25) is 10.6 Å². The SMILES string of the molecule is C.C.C.Clc1nccc(-c2c[nH]c3ccccc23)n1.FC(F)(F)Cn1cc(-c2ccnc(Cl)n2)c2ccccc21.O=S(=O)(OCC(F)(F)F)C(F)(F)F. The van der Waals surface area contributed by atoms with Crippen LogP contribution >= 0.6 is 23.2 Å². The third kappa shape index (κ3) is 12.9. The summed E-state index contributed by atoms with van der Waals surface area (Å²) >= 11 is 11.5. The lowest BCUT2D eigenvalue weighted by Crippen LogP contribution is -2.29. The third-order valence-corrected chi connectivity index (χ3v) is 7.55. The van der Waals surface area contributed by atoms with Crippen molar-refractivity contribution in [2.45, 2.75) is 46.7 Å². The average molecular weight is 822 g/mol. The number of nitrogens with zero attached hydrogens (tertiary/aromatic N) is 5. The van der Waals surface area contributed by atoms with Gasteiger partial charge < -0.3 is 9.55 Å². The van der Waals surface area contributed by atoms with Crippen molar-refractivity contribution >= 4 is 55.1 Å². The molecule has 0 aliphatic rings. The molecule has 6 rings (SSSR count). The van der Waals surface area contributed by atoms with E-state index in [0.29, 0.717) is 22.2 Å². The van der Waals surface area contributed by atoms with Crippen LogP contribution in [0.25, 0.3) is 44.3 Å². The Labute approximate surface area is 307 Å². The summed E-state index contributed by atoms with van der Waals surface area (Å²) in [5, 5.41) is 2.15. The monoisotopic (exact) mass is 820 g/mol. The van der Waals surface area contributed by atoms with E-state index in [2.05, 4.69) is 35.2 Å². The molecule has 9 nitrogen and oxygen atoms in total. The highest BCUT2D eigenvalue weighted by molar-refractivity contribution is 7.87. The molecule has 0 spiro atoms. The van der Waals surface area contributed by atoms with Gasteiger partial charge in [-0.25, -0.2) is 19.9 Å². The predicted octanol–water partition coefficient (Wildman–Crippen LogP) is 10.9. The largest absolute Gasteiger partial charge is 0.523 e. The summed E-state index contributed by atoms with van der Waals surface area (Å²) in [5.41, 5.74) is -1.28. The van der Waals surface area contributed by atoms with Gasteiger partial charge in [0.05, 0.1) is 11.4 Å². The molecule has 0 bridgehead atoms. The second kappa shape index (κ2) is 18.5. The van der Waals surface area contributed by atoms with Gasteiger partial charge in [-0.2, -0.15) is 47.9 Å². The molecule has 0 fully saturated rings. The maximum Gasteiger partial charge on any atom is 0.523 e. The fourth-order valence-corrected chi connectivity index (χ4v) is 4.96. The Balaban J connectivity index is 0.000000399. The van der Waals surface area contributed by atoms with E-state index >= 15 is 0 Å². The van der Waals surface area contributed by atoms with Crippen molar-refractivity contribution in [1.82, 2.24) is 29.5 Å². The van der Waals surface area contributed by atoms with E-state index in [0.717, 1.165) is 22.2 Å². The number of aromatic amines is 1. The molecular formula is C32H31Cl2F9N6O3S. The average Bonchev–Trinajstić information content (AvgIpc) is 3.61. The summed E-state index contributed by atoms with van der Waals surface area (Å²) < 4.78 is 129. The number of halogens is 11. The molecule has 6 aromatic rings. The van der Waals surface area contributed by atoms with Crippen LogP contribution in [0, 0.1) is 0 Å². The number of hydrogen-bond acceptors (Lipinski definition) is 7. The van der Waals surface area contributed by atoms with Crippen LogP contribution in [-0.2, 0) is 20.8 Å². The van der Waals surface area contributed by atoms with Crippen LogP contribution in [0.2, 0.25) is 10.6 Å². The van der Waals surface area contributed by atoms with Crippen LogP contribution in [-0.4, -0.2) is 62.4 Å². The first-order chi connectivity index (χ1) is 23.2. The van der Waals surface area contributed by atoms with E-state index in [1.54, 1.807) is 36.5 Å². The summed E-state index contributed by atoms with van der Waals surface area (Å²) in [6.07, 6.45) is -2.91. The Hall–Kier alpha value is -4.46. The number of fused-ring (bicyclic) bond motifs is 2. The summed E-state index contributed by atoms with van der Waals surface area (Å²) in [5.74, 6) is 0. The number of benzene rings is 2. The molecule has 4 heterocycles. The van der Waals surface area contributed by atoms with Gasteiger partial charge in [0.25, 0.3) is 0 Å². The van der Waals surface area contributed by atoms with Crippen molar-refractivity contribution in [3.05, 3.63) is 96.0 Å². The summed E-state index contributed by atoms with van der Waals surface area (Å²) in [6, 6.07) is 18.4. The second-order valence-electron chi connectivity index (χ2n) is 9.75. The number of H-pyrrole nitrogens is 1. The Morgan fingerprint density at radius 2 is 1.21 bits per heavy atom. The van der Waals surface area contributed by atoms with E-state index in [9.17, 15) is 47.9 Å².